The first-order valence-corrected chi connectivity index (χ1v) is 14.2. The molecule has 2 amide bonds. The maximum absolute atomic E-state index is 13.8. The third kappa shape index (κ3) is 5.94. The number of β-lactam (4-membered cyclic amide) rings is 1. The van der Waals surface area contributed by atoms with E-state index < -0.39 is 29.5 Å². The first-order chi connectivity index (χ1) is 18.9. The van der Waals surface area contributed by atoms with Crippen LogP contribution in [0.5, 0.6) is 0 Å². The maximum atomic E-state index is 13.8. The van der Waals surface area contributed by atoms with Crippen LogP contribution in [0.15, 0.2) is 101 Å². The number of hydrogen-bond acceptors (Lipinski definition) is 7. The molecule has 1 N–H and O–H groups in total. The Morgan fingerprint density at radius 1 is 0.923 bits per heavy atom. The Hall–Kier alpha value is -3.82. The Morgan fingerprint density at radius 2 is 1.49 bits per heavy atom. The Bertz CT molecular complexity index is 1360. The average molecular weight is 559 g/mol. The third-order valence-corrected chi connectivity index (χ3v) is 8.58. The number of thioether (sulfide) groups is 2. The second-order valence-electron chi connectivity index (χ2n) is 9.13. The predicted molar refractivity (Wildman–Crippen MR) is 151 cm³/mol. The molecule has 7 nitrogen and oxygen atoms in total. The lowest BCUT2D eigenvalue weighted by atomic mass is 10.00. The van der Waals surface area contributed by atoms with Gasteiger partial charge >= 0.3 is 5.97 Å². The SMILES string of the molecule is CC(=O)SC1=CS[C@@H]2C(NC(=O)Cc3ccccc3)C(=O)N2C1C(=O)OC(c1ccccc1)c1ccccc1. The van der Waals surface area contributed by atoms with E-state index >= 15 is 0 Å². The second kappa shape index (κ2) is 11.9. The highest BCUT2D eigenvalue weighted by Gasteiger charge is 2.56. The molecule has 2 aliphatic rings. The van der Waals surface area contributed by atoms with E-state index in [0.29, 0.717) is 4.91 Å². The molecule has 1 fully saturated rings. The number of amides is 2. The second-order valence-corrected chi connectivity index (χ2v) is 11.4. The van der Waals surface area contributed by atoms with Gasteiger partial charge in [0.05, 0.1) is 6.42 Å². The normalized spacial score (nSPS) is 19.9. The molecule has 9 heteroatoms. The van der Waals surface area contributed by atoms with E-state index in [2.05, 4.69) is 5.32 Å². The number of benzene rings is 3. The van der Waals surface area contributed by atoms with Crippen molar-refractivity contribution in [2.45, 2.75) is 36.9 Å². The molecule has 1 saturated heterocycles. The van der Waals surface area contributed by atoms with Crippen LogP contribution in [0, 0.1) is 0 Å². The van der Waals surface area contributed by atoms with E-state index in [4.69, 9.17) is 4.74 Å². The van der Waals surface area contributed by atoms with Crippen molar-refractivity contribution in [1.82, 2.24) is 10.2 Å². The van der Waals surface area contributed by atoms with Gasteiger partial charge in [-0.1, -0.05) is 103 Å². The summed E-state index contributed by atoms with van der Waals surface area (Å²) in [7, 11) is 0. The van der Waals surface area contributed by atoms with Crippen molar-refractivity contribution < 1.29 is 23.9 Å². The van der Waals surface area contributed by atoms with E-state index in [-0.39, 0.29) is 23.4 Å². The lowest BCUT2D eigenvalue weighted by Crippen LogP contribution is -2.74. The first-order valence-electron chi connectivity index (χ1n) is 12.4. The van der Waals surface area contributed by atoms with Crippen LogP contribution < -0.4 is 5.32 Å². The van der Waals surface area contributed by atoms with Gasteiger partial charge in [-0.25, -0.2) is 4.79 Å². The van der Waals surface area contributed by atoms with Gasteiger partial charge in [0.25, 0.3) is 0 Å². The molecule has 0 aromatic heterocycles. The smallest absolute Gasteiger partial charge is 0.335 e. The third-order valence-electron chi connectivity index (χ3n) is 6.40. The molecule has 2 heterocycles. The van der Waals surface area contributed by atoms with Crippen LogP contribution >= 0.6 is 23.5 Å². The summed E-state index contributed by atoms with van der Waals surface area (Å²) in [6.45, 7) is 1.41. The quantitative estimate of drug-likeness (QED) is 0.323. The molecule has 2 aliphatic heterocycles. The van der Waals surface area contributed by atoms with Crippen LogP contribution in [0.4, 0.5) is 0 Å². The molecular formula is C30H26N2O5S2. The predicted octanol–water partition coefficient (Wildman–Crippen LogP) is 4.45. The molecule has 0 saturated carbocycles. The van der Waals surface area contributed by atoms with Crippen molar-refractivity contribution in [2.75, 3.05) is 0 Å². The number of fused-ring (bicyclic) bond motifs is 1. The minimum absolute atomic E-state index is 0.143. The fourth-order valence-electron chi connectivity index (χ4n) is 4.62. The fourth-order valence-corrected chi connectivity index (χ4v) is 6.74. The van der Waals surface area contributed by atoms with Gasteiger partial charge in [-0.2, -0.15) is 0 Å². The number of nitrogens with one attached hydrogen (secondary N) is 1. The van der Waals surface area contributed by atoms with Gasteiger partial charge in [0.2, 0.25) is 11.8 Å². The molecule has 0 aliphatic carbocycles. The molecule has 39 heavy (non-hydrogen) atoms. The van der Waals surface area contributed by atoms with Crippen LogP contribution in [0.25, 0.3) is 0 Å². The summed E-state index contributed by atoms with van der Waals surface area (Å²) >= 11 is 2.21. The maximum Gasteiger partial charge on any atom is 0.335 e. The molecule has 0 radical (unpaired) electrons. The summed E-state index contributed by atoms with van der Waals surface area (Å²) in [4.78, 5) is 53.6. The highest BCUT2D eigenvalue weighted by atomic mass is 32.2. The van der Waals surface area contributed by atoms with Crippen molar-refractivity contribution in [3.63, 3.8) is 0 Å². The van der Waals surface area contributed by atoms with Crippen LogP contribution in [0.3, 0.4) is 0 Å². The van der Waals surface area contributed by atoms with Gasteiger partial charge in [0, 0.05) is 11.8 Å². The molecule has 3 aromatic rings. The molecule has 3 aromatic carbocycles. The van der Waals surface area contributed by atoms with Crippen molar-refractivity contribution >= 4 is 46.4 Å². The number of carbonyl (C=O) groups excluding carboxylic acids is 4. The van der Waals surface area contributed by atoms with Crippen LogP contribution in [-0.4, -0.2) is 45.3 Å². The van der Waals surface area contributed by atoms with Gasteiger partial charge in [0.15, 0.2) is 17.3 Å². The number of rotatable bonds is 8. The molecule has 198 valence electrons. The number of ether oxygens (including phenoxy) is 1. The summed E-state index contributed by atoms with van der Waals surface area (Å²) in [6, 6.07) is 26.1. The summed E-state index contributed by atoms with van der Waals surface area (Å²) < 4.78 is 6.08. The minimum Gasteiger partial charge on any atom is -0.451 e. The van der Waals surface area contributed by atoms with Crippen molar-refractivity contribution in [2.24, 2.45) is 0 Å². The van der Waals surface area contributed by atoms with E-state index in [0.717, 1.165) is 28.5 Å². The van der Waals surface area contributed by atoms with E-state index in [1.54, 1.807) is 5.41 Å². The molecule has 5 rings (SSSR count). The largest absolute Gasteiger partial charge is 0.451 e. The molecular weight excluding hydrogens is 532 g/mol. The number of hydrogen-bond donors (Lipinski definition) is 1. The summed E-state index contributed by atoms with van der Waals surface area (Å²) in [5.41, 5.74) is 2.40. The lowest BCUT2D eigenvalue weighted by Gasteiger charge is -2.51. The van der Waals surface area contributed by atoms with Crippen molar-refractivity contribution in [3.8, 4) is 0 Å². The molecule has 0 bridgehead atoms. The van der Waals surface area contributed by atoms with E-state index in [1.807, 2.05) is 91.0 Å². The van der Waals surface area contributed by atoms with Crippen molar-refractivity contribution in [3.05, 3.63) is 118 Å². The average Bonchev–Trinajstić information content (AvgIpc) is 2.95. The number of carbonyl (C=O) groups is 4. The van der Waals surface area contributed by atoms with Gasteiger partial charge in [-0.3, -0.25) is 14.4 Å². The first kappa shape index (κ1) is 26.8. The molecule has 0 spiro atoms. The van der Waals surface area contributed by atoms with Crippen LogP contribution in [0.2, 0.25) is 0 Å². The van der Waals surface area contributed by atoms with Gasteiger partial charge < -0.3 is 15.0 Å². The summed E-state index contributed by atoms with van der Waals surface area (Å²) in [5, 5.41) is 3.84. The fraction of sp³-hybridized carbons (Fsp3) is 0.200. The van der Waals surface area contributed by atoms with E-state index in [9.17, 15) is 19.2 Å². The Balaban J connectivity index is 1.37. The van der Waals surface area contributed by atoms with Gasteiger partial charge in [-0.15, -0.1) is 11.8 Å². The highest BCUT2D eigenvalue weighted by Crippen LogP contribution is 2.44. The minimum atomic E-state index is -1.09. The van der Waals surface area contributed by atoms with Crippen LogP contribution in [-0.2, 0) is 30.3 Å². The zero-order valence-corrected chi connectivity index (χ0v) is 22.7. The zero-order valence-electron chi connectivity index (χ0n) is 21.1. The van der Waals surface area contributed by atoms with E-state index in [1.165, 1.54) is 23.6 Å². The Kier molecular flexibility index (Phi) is 8.18. The lowest BCUT2D eigenvalue weighted by molar-refractivity contribution is -0.165. The topological polar surface area (TPSA) is 92.8 Å². The number of esters is 1. The standard InChI is InChI=1S/C30H26N2O5S2/c1-19(33)39-23-18-38-29-25(31-24(34)17-20-11-5-2-6-12-20)28(35)32(29)26(23)30(36)37-27(21-13-7-3-8-14-21)22-15-9-4-10-16-22/h2-16,18,25-27,29H,17H2,1H3,(H,31,34)/t25?,26?,29-/m1/s1. The van der Waals surface area contributed by atoms with Gasteiger partial charge in [-0.05, 0) is 22.1 Å². The van der Waals surface area contributed by atoms with Crippen LogP contribution in [0.1, 0.15) is 29.7 Å². The van der Waals surface area contributed by atoms with Gasteiger partial charge in [0.1, 0.15) is 11.4 Å². The number of nitrogens with zero attached hydrogens (tertiary/aromatic N) is 1. The highest BCUT2D eigenvalue weighted by molar-refractivity contribution is 8.17. The zero-order chi connectivity index (χ0) is 27.4. The molecule has 2 unspecified atom stereocenters. The summed E-state index contributed by atoms with van der Waals surface area (Å²) in [5.74, 6) is -1.30. The Labute approximate surface area is 235 Å². The molecule has 3 atom stereocenters. The summed E-state index contributed by atoms with van der Waals surface area (Å²) in [6.07, 6.45) is -0.556. The monoisotopic (exact) mass is 558 g/mol. The van der Waals surface area contributed by atoms with Crippen molar-refractivity contribution in [1.29, 1.82) is 0 Å². The Morgan fingerprint density at radius 3 is 2.05 bits per heavy atom.